The van der Waals surface area contributed by atoms with E-state index >= 15 is 0 Å². The van der Waals surface area contributed by atoms with Crippen molar-refractivity contribution in [2.75, 3.05) is 77.6 Å². The quantitative estimate of drug-likeness (QED) is 0.384. The van der Waals surface area contributed by atoms with Gasteiger partial charge in [0, 0.05) is 88.9 Å². The number of amides is 2. The predicted molar refractivity (Wildman–Crippen MR) is 180 cm³/mol. The second-order valence-corrected chi connectivity index (χ2v) is 14.9. The number of piperazine rings is 1. The van der Waals surface area contributed by atoms with Gasteiger partial charge < -0.3 is 24.6 Å². The minimum absolute atomic E-state index is 0.0530. The lowest BCUT2D eigenvalue weighted by Crippen LogP contribution is -2.65. The highest BCUT2D eigenvalue weighted by atomic mass is 32.2. The molecule has 47 heavy (non-hydrogen) atoms. The molecular weight excluding hydrogens is 620 g/mol. The number of methoxy groups -OCH3 is 1. The summed E-state index contributed by atoms with van der Waals surface area (Å²) >= 11 is 0. The van der Waals surface area contributed by atoms with Gasteiger partial charge in [0.15, 0.2) is 0 Å². The Labute approximate surface area is 279 Å². The van der Waals surface area contributed by atoms with Crippen LogP contribution in [0.1, 0.15) is 50.2 Å². The molecule has 2 aromatic rings. The molecule has 4 heterocycles. The van der Waals surface area contributed by atoms with E-state index in [0.29, 0.717) is 54.4 Å². The summed E-state index contributed by atoms with van der Waals surface area (Å²) in [6.45, 7) is 10.8. The van der Waals surface area contributed by atoms with Gasteiger partial charge in [0.05, 0.1) is 18.6 Å². The largest absolute Gasteiger partial charge is 0.497 e. The zero-order valence-corrected chi connectivity index (χ0v) is 29.1. The van der Waals surface area contributed by atoms with Crippen LogP contribution in [0.15, 0.2) is 41.6 Å². The Balaban J connectivity index is 1.16. The maximum absolute atomic E-state index is 13.9. The number of piperidine rings is 2. The maximum atomic E-state index is 13.9. The number of nitrogens with zero attached hydrogens (tertiary/aromatic N) is 5. The average Bonchev–Trinajstić information content (AvgIpc) is 3.07. The molecule has 3 fully saturated rings. The summed E-state index contributed by atoms with van der Waals surface area (Å²) in [6, 6.07) is 7.23. The Morgan fingerprint density at radius 1 is 0.979 bits per heavy atom. The van der Waals surface area contributed by atoms with Gasteiger partial charge in [0.2, 0.25) is 21.8 Å². The van der Waals surface area contributed by atoms with Crippen LogP contribution >= 0.6 is 0 Å². The number of likely N-dealkylation sites (tertiary alicyclic amines) is 1. The lowest BCUT2D eigenvalue weighted by Gasteiger charge is -2.51. The average molecular weight is 671 g/mol. The molecule has 0 aliphatic carbocycles. The molecule has 2 amide bonds. The van der Waals surface area contributed by atoms with Gasteiger partial charge in [-0.1, -0.05) is 6.42 Å². The van der Waals surface area contributed by atoms with E-state index < -0.39 is 10.0 Å². The zero-order valence-electron chi connectivity index (χ0n) is 28.2. The van der Waals surface area contributed by atoms with Crippen LogP contribution in [-0.2, 0) is 24.3 Å². The highest BCUT2D eigenvalue weighted by molar-refractivity contribution is 7.89. The molecule has 1 aromatic heterocycles. The van der Waals surface area contributed by atoms with E-state index in [9.17, 15) is 18.0 Å². The van der Waals surface area contributed by atoms with Gasteiger partial charge in [-0.2, -0.15) is 4.31 Å². The molecule has 0 radical (unpaired) electrons. The van der Waals surface area contributed by atoms with Crippen LogP contribution in [0.5, 0.6) is 5.75 Å². The predicted octanol–water partition coefficient (Wildman–Crippen LogP) is 2.59. The Hall–Kier alpha value is -3.26. The van der Waals surface area contributed by atoms with Gasteiger partial charge in [0.25, 0.3) is 0 Å². The first-order valence-electron chi connectivity index (χ1n) is 16.7. The second kappa shape index (κ2) is 15.3. The lowest BCUT2D eigenvalue weighted by atomic mass is 9.84. The summed E-state index contributed by atoms with van der Waals surface area (Å²) in [6.07, 6.45) is 7.52. The minimum Gasteiger partial charge on any atom is -0.497 e. The second-order valence-electron chi connectivity index (χ2n) is 13.1. The van der Waals surface area contributed by atoms with Crippen molar-refractivity contribution < 1.29 is 27.5 Å². The van der Waals surface area contributed by atoms with Crippen molar-refractivity contribution in [2.24, 2.45) is 0 Å². The van der Waals surface area contributed by atoms with Crippen molar-refractivity contribution in [3.8, 4) is 5.75 Å². The van der Waals surface area contributed by atoms with Crippen LogP contribution in [0.2, 0.25) is 0 Å². The molecule has 5 rings (SSSR count). The highest BCUT2D eigenvalue weighted by Gasteiger charge is 2.42. The molecule has 1 unspecified atom stereocenters. The van der Waals surface area contributed by atoms with E-state index in [1.165, 1.54) is 0 Å². The molecule has 3 saturated heterocycles. The molecule has 1 N–H and O–H groups in total. The topological polar surface area (TPSA) is 125 Å². The fourth-order valence-electron chi connectivity index (χ4n) is 7.44. The van der Waals surface area contributed by atoms with Crippen LogP contribution in [0, 0.1) is 13.8 Å². The van der Waals surface area contributed by atoms with E-state index in [-0.39, 0.29) is 36.6 Å². The number of nitrogens with one attached hydrogen (secondary N) is 1. The van der Waals surface area contributed by atoms with E-state index in [2.05, 4.69) is 20.1 Å². The molecular formula is C34H50N6O6S. The van der Waals surface area contributed by atoms with Crippen molar-refractivity contribution in [1.29, 1.82) is 0 Å². The number of ether oxygens (including phenoxy) is 2. The highest BCUT2D eigenvalue weighted by Crippen LogP contribution is 2.33. The summed E-state index contributed by atoms with van der Waals surface area (Å²) in [5.74, 6) is 0.486. The Morgan fingerprint density at radius 2 is 1.64 bits per heavy atom. The van der Waals surface area contributed by atoms with Crippen molar-refractivity contribution in [2.45, 2.75) is 69.4 Å². The molecule has 0 bridgehead atoms. The van der Waals surface area contributed by atoms with Crippen LogP contribution < -0.4 is 15.0 Å². The van der Waals surface area contributed by atoms with E-state index in [1.807, 2.05) is 29.4 Å². The van der Waals surface area contributed by atoms with Gasteiger partial charge in [-0.3, -0.25) is 19.5 Å². The minimum atomic E-state index is -3.76. The number of aryl methyl sites for hydroxylation is 2. The SMILES string of the molecule is COc1cc(C)c(S(=O)(=O)N2CCCCC2COCC(=O)N2CCC(CNC(C)=O)(N3CCN(c4ccncc4)CC3)CC2)c(C)c1. The summed E-state index contributed by atoms with van der Waals surface area (Å²) < 4.78 is 40.6. The van der Waals surface area contributed by atoms with Crippen LogP contribution in [0.4, 0.5) is 5.69 Å². The number of sulfonamides is 1. The Kier molecular flexibility index (Phi) is 11.4. The van der Waals surface area contributed by atoms with Gasteiger partial charge in [-0.25, -0.2) is 8.42 Å². The third kappa shape index (κ3) is 8.07. The molecule has 258 valence electrons. The monoisotopic (exact) mass is 670 g/mol. The number of anilines is 1. The summed E-state index contributed by atoms with van der Waals surface area (Å²) in [5.41, 5.74) is 2.24. The standard InChI is InChI=1S/C34H50N6O6S/c1-26-21-31(45-4)22-27(2)33(26)47(43,44)40-14-6-5-7-30(40)23-46-24-32(42)38-15-10-34(11-16-38,25-36-28(3)41)39-19-17-37(18-20-39)29-8-12-35-13-9-29/h8-9,12-13,21-22,30H,5-7,10-11,14-20,23-25H2,1-4H3,(H,36,41). The van der Waals surface area contributed by atoms with Gasteiger partial charge in [-0.15, -0.1) is 0 Å². The summed E-state index contributed by atoms with van der Waals surface area (Å²) in [7, 11) is -2.19. The number of carbonyl (C=O) groups excluding carboxylic acids is 2. The first-order chi connectivity index (χ1) is 22.5. The molecule has 12 nitrogen and oxygen atoms in total. The number of aromatic nitrogens is 1. The molecule has 0 spiro atoms. The Bertz CT molecular complexity index is 1470. The van der Waals surface area contributed by atoms with Crippen molar-refractivity contribution >= 4 is 27.5 Å². The molecule has 13 heteroatoms. The number of hydrogen-bond donors (Lipinski definition) is 1. The van der Waals surface area contributed by atoms with Gasteiger partial charge in [0.1, 0.15) is 12.4 Å². The number of hydrogen-bond acceptors (Lipinski definition) is 9. The first kappa shape index (κ1) is 35.1. The molecule has 1 aromatic carbocycles. The fraction of sp³-hybridized carbons (Fsp3) is 0.618. The van der Waals surface area contributed by atoms with E-state index in [1.54, 1.807) is 44.3 Å². The molecule has 1 atom stereocenters. The van der Waals surface area contributed by atoms with E-state index in [0.717, 1.165) is 57.5 Å². The molecule has 0 saturated carbocycles. The van der Waals surface area contributed by atoms with Crippen molar-refractivity contribution in [3.63, 3.8) is 0 Å². The van der Waals surface area contributed by atoms with Gasteiger partial charge >= 0.3 is 0 Å². The van der Waals surface area contributed by atoms with E-state index in [4.69, 9.17) is 9.47 Å². The normalized spacial score (nSPS) is 21.0. The lowest BCUT2D eigenvalue weighted by molar-refractivity contribution is -0.140. The van der Waals surface area contributed by atoms with Crippen LogP contribution in [0.3, 0.4) is 0 Å². The number of pyridine rings is 1. The summed E-state index contributed by atoms with van der Waals surface area (Å²) in [4.78, 5) is 36.4. The van der Waals surface area contributed by atoms with Crippen LogP contribution in [-0.4, -0.2) is 124 Å². The molecule has 3 aliphatic heterocycles. The van der Waals surface area contributed by atoms with Crippen LogP contribution in [0.25, 0.3) is 0 Å². The maximum Gasteiger partial charge on any atom is 0.248 e. The summed E-state index contributed by atoms with van der Waals surface area (Å²) in [5, 5.41) is 3.06. The fourth-order valence-corrected chi connectivity index (χ4v) is 9.54. The van der Waals surface area contributed by atoms with Crippen molar-refractivity contribution in [3.05, 3.63) is 47.8 Å². The zero-order chi connectivity index (χ0) is 33.6. The third-order valence-corrected chi connectivity index (χ3v) is 12.3. The first-order valence-corrected chi connectivity index (χ1v) is 18.2. The number of carbonyl (C=O) groups is 2. The van der Waals surface area contributed by atoms with Crippen molar-refractivity contribution in [1.82, 2.24) is 24.4 Å². The van der Waals surface area contributed by atoms with Gasteiger partial charge in [-0.05, 0) is 74.9 Å². The molecule has 3 aliphatic rings. The Morgan fingerprint density at radius 3 is 2.26 bits per heavy atom. The third-order valence-electron chi connectivity index (χ3n) is 10.0. The smallest absolute Gasteiger partial charge is 0.248 e. The number of benzene rings is 1. The number of rotatable bonds is 11.